The molecule has 1 saturated carbocycles. The number of amides is 1. The molecule has 1 aliphatic carbocycles. The third kappa shape index (κ3) is 3.82. The predicted octanol–water partition coefficient (Wildman–Crippen LogP) is 3.94. The van der Waals surface area contributed by atoms with Gasteiger partial charge in [0.05, 0.1) is 6.20 Å². The van der Waals surface area contributed by atoms with Crippen LogP contribution < -0.4 is 0 Å². The van der Waals surface area contributed by atoms with Crippen molar-refractivity contribution in [1.82, 2.24) is 9.88 Å². The van der Waals surface area contributed by atoms with E-state index in [4.69, 9.17) is 4.42 Å². The van der Waals surface area contributed by atoms with E-state index in [0.29, 0.717) is 30.9 Å². The first-order valence-electron chi connectivity index (χ1n) is 9.96. The number of likely N-dealkylation sites (tertiary alicyclic amines) is 1. The Labute approximate surface area is 159 Å². The number of ketones is 1. The van der Waals surface area contributed by atoms with Crippen LogP contribution in [0.4, 0.5) is 0 Å². The quantitative estimate of drug-likeness (QED) is 0.804. The second kappa shape index (κ2) is 7.67. The lowest BCUT2D eigenvalue weighted by molar-refractivity contribution is -0.134. The Bertz CT molecular complexity index is 824. The number of hydrogen-bond donors (Lipinski definition) is 0. The first-order valence-corrected chi connectivity index (χ1v) is 9.96. The molecule has 1 saturated heterocycles. The van der Waals surface area contributed by atoms with Gasteiger partial charge in [-0.05, 0) is 32.6 Å². The lowest BCUT2D eigenvalue weighted by Crippen LogP contribution is -2.41. The number of carbonyl (C=O) groups excluding carboxylic acids is 2. The Balaban J connectivity index is 1.36. The summed E-state index contributed by atoms with van der Waals surface area (Å²) in [5, 5.41) is 0. The van der Waals surface area contributed by atoms with Gasteiger partial charge in [0.15, 0.2) is 11.7 Å². The van der Waals surface area contributed by atoms with Crippen LogP contribution in [0.5, 0.6) is 0 Å². The Morgan fingerprint density at radius 3 is 2.78 bits per heavy atom. The van der Waals surface area contributed by atoms with Crippen LogP contribution in [-0.4, -0.2) is 34.2 Å². The van der Waals surface area contributed by atoms with Crippen molar-refractivity contribution >= 4 is 11.7 Å². The van der Waals surface area contributed by atoms with E-state index in [-0.39, 0.29) is 17.9 Å². The predicted molar refractivity (Wildman–Crippen MR) is 102 cm³/mol. The Hall–Kier alpha value is -2.43. The third-order valence-electron chi connectivity index (χ3n) is 5.88. The molecular weight excluding hydrogens is 340 g/mol. The average Bonchev–Trinajstić information content (AvgIpc) is 3.40. The molecular formula is C22H26N2O3. The number of aromatic nitrogens is 1. The van der Waals surface area contributed by atoms with Gasteiger partial charge >= 0.3 is 0 Å². The summed E-state index contributed by atoms with van der Waals surface area (Å²) in [6, 6.07) is 8.22. The van der Waals surface area contributed by atoms with Crippen molar-refractivity contribution < 1.29 is 14.0 Å². The van der Waals surface area contributed by atoms with E-state index >= 15 is 0 Å². The van der Waals surface area contributed by atoms with Crippen molar-refractivity contribution in [1.29, 1.82) is 0 Å². The monoisotopic (exact) mass is 366 g/mol. The molecule has 5 heteroatoms. The molecule has 142 valence electrons. The lowest BCUT2D eigenvalue weighted by Gasteiger charge is -2.28. The van der Waals surface area contributed by atoms with Crippen LogP contribution in [0.15, 0.2) is 34.9 Å². The minimum absolute atomic E-state index is 0.0614. The molecule has 2 aliphatic rings. The molecule has 5 nitrogen and oxygen atoms in total. The number of oxazole rings is 1. The van der Waals surface area contributed by atoms with E-state index in [2.05, 4.69) is 4.98 Å². The molecule has 2 fully saturated rings. The van der Waals surface area contributed by atoms with Crippen LogP contribution in [0.3, 0.4) is 0 Å². The number of rotatable bonds is 5. The molecule has 2 atom stereocenters. The van der Waals surface area contributed by atoms with E-state index in [1.54, 1.807) is 6.20 Å². The molecule has 27 heavy (non-hydrogen) atoms. The van der Waals surface area contributed by atoms with Crippen molar-refractivity contribution in [2.75, 3.05) is 6.54 Å². The third-order valence-corrected chi connectivity index (χ3v) is 5.88. The topological polar surface area (TPSA) is 63.4 Å². The molecule has 0 N–H and O–H groups in total. The fourth-order valence-electron chi connectivity index (χ4n) is 4.40. The molecule has 2 aromatic rings. The van der Waals surface area contributed by atoms with Gasteiger partial charge in [0.2, 0.25) is 5.91 Å². The zero-order valence-electron chi connectivity index (χ0n) is 15.8. The van der Waals surface area contributed by atoms with Crippen LogP contribution in [0, 0.1) is 12.8 Å². The Kier molecular flexibility index (Phi) is 5.10. The van der Waals surface area contributed by atoms with E-state index in [0.717, 1.165) is 43.6 Å². The van der Waals surface area contributed by atoms with E-state index in [9.17, 15) is 9.59 Å². The fraction of sp³-hybridized carbons (Fsp3) is 0.500. The molecule has 1 aliphatic heterocycles. The van der Waals surface area contributed by atoms with E-state index in [1.165, 1.54) is 5.56 Å². The maximum atomic E-state index is 12.8. The van der Waals surface area contributed by atoms with Gasteiger partial charge in [-0.1, -0.05) is 29.8 Å². The molecule has 4 rings (SSSR count). The lowest BCUT2D eigenvalue weighted by atomic mass is 9.95. The number of nitrogens with zero attached hydrogens (tertiary/aromatic N) is 2. The van der Waals surface area contributed by atoms with Crippen LogP contribution in [0.2, 0.25) is 0 Å². The SMILES string of the molecule is Cc1ccc(-c2cnc(CCC(=O)N3CCCC3C3CCCC3=O)o2)cc1. The largest absolute Gasteiger partial charge is 0.441 e. The van der Waals surface area contributed by atoms with Crippen molar-refractivity contribution in [3.8, 4) is 11.3 Å². The summed E-state index contributed by atoms with van der Waals surface area (Å²) < 4.78 is 5.83. The highest BCUT2D eigenvalue weighted by Crippen LogP contribution is 2.33. The van der Waals surface area contributed by atoms with Crippen molar-refractivity contribution in [3.63, 3.8) is 0 Å². The molecule has 2 heterocycles. The van der Waals surface area contributed by atoms with E-state index in [1.807, 2.05) is 36.1 Å². The zero-order chi connectivity index (χ0) is 18.8. The van der Waals surface area contributed by atoms with Crippen LogP contribution in [0.1, 0.15) is 50.0 Å². The molecule has 1 aromatic carbocycles. The highest BCUT2D eigenvalue weighted by molar-refractivity contribution is 5.85. The van der Waals surface area contributed by atoms with Gasteiger partial charge in [-0.15, -0.1) is 0 Å². The van der Waals surface area contributed by atoms with Crippen molar-refractivity contribution in [3.05, 3.63) is 41.9 Å². The van der Waals surface area contributed by atoms with Crippen LogP contribution in [-0.2, 0) is 16.0 Å². The summed E-state index contributed by atoms with van der Waals surface area (Å²) in [6.07, 6.45) is 7.14. The summed E-state index contributed by atoms with van der Waals surface area (Å²) >= 11 is 0. The van der Waals surface area contributed by atoms with Crippen LogP contribution in [0.25, 0.3) is 11.3 Å². The summed E-state index contributed by atoms with van der Waals surface area (Å²) in [7, 11) is 0. The summed E-state index contributed by atoms with van der Waals surface area (Å²) in [5.41, 5.74) is 2.19. The summed E-state index contributed by atoms with van der Waals surface area (Å²) in [6.45, 7) is 2.82. The molecule has 1 amide bonds. The standard InChI is InChI=1S/C22H26N2O3/c1-15-7-9-16(10-8-15)20-14-23-21(27-20)11-12-22(26)24-13-3-5-18(24)17-4-2-6-19(17)25/h7-10,14,17-18H,2-6,11-13H2,1H3. The molecule has 0 radical (unpaired) electrons. The first kappa shape index (κ1) is 18.0. The molecule has 0 bridgehead atoms. The average molecular weight is 366 g/mol. The van der Waals surface area contributed by atoms with Crippen LogP contribution >= 0.6 is 0 Å². The van der Waals surface area contributed by atoms with Gasteiger partial charge < -0.3 is 9.32 Å². The maximum Gasteiger partial charge on any atom is 0.223 e. The minimum Gasteiger partial charge on any atom is -0.441 e. The highest BCUT2D eigenvalue weighted by Gasteiger charge is 2.39. The second-order valence-corrected chi connectivity index (χ2v) is 7.75. The maximum absolute atomic E-state index is 12.8. The van der Waals surface area contributed by atoms with Crippen molar-refractivity contribution in [2.24, 2.45) is 5.92 Å². The number of hydrogen-bond acceptors (Lipinski definition) is 4. The first-order chi connectivity index (χ1) is 13.1. The van der Waals surface area contributed by atoms with Gasteiger partial charge in [0.1, 0.15) is 5.78 Å². The van der Waals surface area contributed by atoms with Crippen molar-refractivity contribution in [2.45, 2.75) is 57.9 Å². The number of carbonyl (C=O) groups is 2. The van der Waals surface area contributed by atoms with Gasteiger partial charge in [-0.3, -0.25) is 9.59 Å². The molecule has 1 aromatic heterocycles. The molecule has 2 unspecified atom stereocenters. The summed E-state index contributed by atoms with van der Waals surface area (Å²) in [5.74, 6) is 1.84. The number of benzene rings is 1. The second-order valence-electron chi connectivity index (χ2n) is 7.75. The van der Waals surface area contributed by atoms with Gasteiger partial charge in [0.25, 0.3) is 0 Å². The summed E-state index contributed by atoms with van der Waals surface area (Å²) in [4.78, 5) is 31.1. The zero-order valence-corrected chi connectivity index (χ0v) is 15.8. The Morgan fingerprint density at radius 2 is 2.04 bits per heavy atom. The van der Waals surface area contributed by atoms with Gasteiger partial charge in [-0.2, -0.15) is 0 Å². The minimum atomic E-state index is 0.0614. The highest BCUT2D eigenvalue weighted by atomic mass is 16.4. The Morgan fingerprint density at radius 1 is 1.22 bits per heavy atom. The van der Waals surface area contributed by atoms with Gasteiger partial charge in [0, 0.05) is 43.3 Å². The smallest absolute Gasteiger partial charge is 0.223 e. The number of aryl methyl sites for hydroxylation is 2. The van der Waals surface area contributed by atoms with E-state index < -0.39 is 0 Å². The van der Waals surface area contributed by atoms with Gasteiger partial charge in [-0.25, -0.2) is 4.98 Å². The molecule has 0 spiro atoms. The number of Topliss-reactive ketones (excluding diaryl/α,β-unsaturated/α-hetero) is 1. The normalized spacial score (nSPS) is 22.6. The fourth-order valence-corrected chi connectivity index (χ4v) is 4.40.